The van der Waals surface area contributed by atoms with Crippen molar-refractivity contribution in [1.82, 2.24) is 10.6 Å². The number of carbonyl (C=O) groups excluding carboxylic acids is 4. The van der Waals surface area contributed by atoms with Crippen LogP contribution in [0.4, 0.5) is 9.59 Å². The van der Waals surface area contributed by atoms with Gasteiger partial charge in [-0.3, -0.25) is 0 Å². The maximum absolute atomic E-state index is 12.6. The lowest BCUT2D eigenvalue weighted by atomic mass is 9.86. The van der Waals surface area contributed by atoms with Crippen LogP contribution in [0.3, 0.4) is 0 Å². The molecule has 0 radical (unpaired) electrons. The number of alkyl carbamates (subject to hydrolysis) is 2. The smallest absolute Gasteiger partial charge is 0.407 e. The summed E-state index contributed by atoms with van der Waals surface area (Å²) >= 11 is 0. The topological polar surface area (TPSA) is 138 Å². The molecule has 2 aliphatic carbocycles. The van der Waals surface area contributed by atoms with E-state index in [0.717, 1.165) is 64.2 Å². The molecule has 204 valence electrons. The van der Waals surface area contributed by atoms with Crippen molar-refractivity contribution in [3.05, 3.63) is 22.3 Å². The van der Waals surface area contributed by atoms with E-state index in [1.807, 2.05) is 0 Å². The van der Waals surface area contributed by atoms with Crippen LogP contribution in [0, 0.1) is 0 Å². The third-order valence-corrected chi connectivity index (χ3v) is 7.51. The minimum atomic E-state index is -0.978. The lowest BCUT2D eigenvalue weighted by Crippen LogP contribution is -2.38. The Morgan fingerprint density at radius 3 is 1.41 bits per heavy atom. The van der Waals surface area contributed by atoms with Crippen molar-refractivity contribution < 1.29 is 42.9 Å². The summed E-state index contributed by atoms with van der Waals surface area (Å²) in [7, 11) is 2.40. The van der Waals surface area contributed by atoms with E-state index in [1.165, 1.54) is 14.2 Å². The van der Waals surface area contributed by atoms with E-state index in [2.05, 4.69) is 10.6 Å². The molecule has 2 bridgehead atoms. The quantitative estimate of drug-likeness (QED) is 0.281. The lowest BCUT2D eigenvalue weighted by Gasteiger charge is -2.24. The number of hydrogen-bond donors (Lipinski definition) is 2. The average Bonchev–Trinajstić information content (AvgIpc) is 3.47. The Morgan fingerprint density at radius 2 is 1.05 bits per heavy atom. The Balaban J connectivity index is 1.48. The standard InChI is InChI=1S/C26H36N2O9/c1-33-23(29)19-20(24(30)34-2)22-18(14-36-26(32)28-16-11-7-4-8-12-16)17(21(19)37-22)13-35-25(31)27-15-9-5-3-6-10-15/h15-16,21-22H,3-14H2,1-2H3,(H,27,31)(H,28,32). The fourth-order valence-electron chi connectivity index (χ4n) is 5.59. The van der Waals surface area contributed by atoms with E-state index in [-0.39, 0.29) is 36.4 Å². The molecule has 37 heavy (non-hydrogen) atoms. The Kier molecular flexibility index (Phi) is 9.07. The number of carbonyl (C=O) groups is 4. The van der Waals surface area contributed by atoms with Crippen LogP contribution >= 0.6 is 0 Å². The van der Waals surface area contributed by atoms with Crippen LogP contribution < -0.4 is 10.6 Å². The zero-order valence-corrected chi connectivity index (χ0v) is 21.5. The van der Waals surface area contributed by atoms with Gasteiger partial charge in [-0.2, -0.15) is 0 Å². The van der Waals surface area contributed by atoms with Gasteiger partial charge in [0.15, 0.2) is 0 Å². The maximum atomic E-state index is 12.6. The molecule has 0 spiro atoms. The summed E-state index contributed by atoms with van der Waals surface area (Å²) < 4.78 is 26.7. The van der Waals surface area contributed by atoms with Crippen molar-refractivity contribution in [3.8, 4) is 0 Å². The van der Waals surface area contributed by atoms with Gasteiger partial charge >= 0.3 is 24.1 Å². The van der Waals surface area contributed by atoms with Gasteiger partial charge in [0.25, 0.3) is 0 Å². The van der Waals surface area contributed by atoms with Crippen LogP contribution in [0.15, 0.2) is 22.3 Å². The number of hydrogen-bond acceptors (Lipinski definition) is 9. The third kappa shape index (κ3) is 6.26. The van der Waals surface area contributed by atoms with Crippen molar-refractivity contribution in [1.29, 1.82) is 0 Å². The number of amides is 2. The molecule has 0 aromatic rings. The first kappa shape index (κ1) is 27.0. The van der Waals surface area contributed by atoms with E-state index in [9.17, 15) is 19.2 Å². The summed E-state index contributed by atoms with van der Waals surface area (Å²) in [6.45, 7) is -0.394. The molecule has 11 heteroatoms. The predicted molar refractivity (Wildman–Crippen MR) is 129 cm³/mol. The first-order valence-electron chi connectivity index (χ1n) is 13.1. The Morgan fingerprint density at radius 1 is 0.676 bits per heavy atom. The molecule has 0 aromatic heterocycles. The summed E-state index contributed by atoms with van der Waals surface area (Å²) in [5.74, 6) is -1.49. The van der Waals surface area contributed by atoms with Gasteiger partial charge < -0.3 is 34.3 Å². The highest BCUT2D eigenvalue weighted by Crippen LogP contribution is 2.44. The van der Waals surface area contributed by atoms with Crippen molar-refractivity contribution in [3.63, 3.8) is 0 Å². The van der Waals surface area contributed by atoms with Crippen LogP contribution in [0.5, 0.6) is 0 Å². The summed E-state index contributed by atoms with van der Waals surface area (Å²) in [6, 6.07) is 0.128. The highest BCUT2D eigenvalue weighted by molar-refractivity contribution is 6.04. The molecule has 2 saturated carbocycles. The van der Waals surface area contributed by atoms with Gasteiger partial charge in [-0.05, 0) is 25.7 Å². The average molecular weight is 521 g/mol. The fraction of sp³-hybridized carbons (Fsp3) is 0.692. The van der Waals surface area contributed by atoms with Crippen molar-refractivity contribution >= 4 is 24.1 Å². The summed E-state index contributed by atoms with van der Waals surface area (Å²) in [5.41, 5.74) is 0.895. The normalized spacial score (nSPS) is 24.1. The Labute approximate surface area is 216 Å². The van der Waals surface area contributed by atoms with Crippen LogP contribution in [-0.2, 0) is 33.3 Å². The summed E-state index contributed by atoms with van der Waals surface area (Å²) in [5, 5.41) is 5.76. The molecule has 2 aliphatic heterocycles. The Bertz CT molecular complexity index is 887. The highest BCUT2D eigenvalue weighted by Gasteiger charge is 2.52. The predicted octanol–water partition coefficient (Wildman–Crippen LogP) is 2.82. The highest BCUT2D eigenvalue weighted by atomic mass is 16.6. The molecular formula is C26H36N2O9. The monoisotopic (exact) mass is 520 g/mol. The van der Waals surface area contributed by atoms with Gasteiger partial charge in [0, 0.05) is 23.2 Å². The first-order valence-corrected chi connectivity index (χ1v) is 13.1. The van der Waals surface area contributed by atoms with Gasteiger partial charge in [-0.1, -0.05) is 38.5 Å². The number of esters is 2. The minimum absolute atomic E-state index is 0.000968. The molecule has 2 fully saturated rings. The van der Waals surface area contributed by atoms with Gasteiger partial charge in [-0.15, -0.1) is 0 Å². The number of ether oxygens (including phenoxy) is 5. The van der Waals surface area contributed by atoms with Crippen LogP contribution in [-0.4, -0.2) is 75.9 Å². The molecule has 2 heterocycles. The first-order chi connectivity index (χ1) is 17.9. The SMILES string of the molecule is COC(=O)C1=C(C(=O)OC)C2OC1C(COC(=O)NC1CCCCC1)=C2COC(=O)NC1CCCCC1. The zero-order valence-electron chi connectivity index (χ0n) is 21.5. The largest absolute Gasteiger partial charge is 0.466 e. The molecule has 4 aliphatic rings. The molecular weight excluding hydrogens is 484 g/mol. The second-order valence-electron chi connectivity index (χ2n) is 9.87. The van der Waals surface area contributed by atoms with Crippen LogP contribution in [0.2, 0.25) is 0 Å². The molecule has 2 amide bonds. The van der Waals surface area contributed by atoms with Crippen molar-refractivity contribution in [2.75, 3.05) is 27.4 Å². The van der Waals surface area contributed by atoms with Gasteiger partial charge in [0.2, 0.25) is 0 Å². The van der Waals surface area contributed by atoms with Gasteiger partial charge in [0.05, 0.1) is 25.4 Å². The lowest BCUT2D eigenvalue weighted by molar-refractivity contribution is -0.139. The maximum Gasteiger partial charge on any atom is 0.407 e. The molecule has 2 unspecified atom stereocenters. The van der Waals surface area contributed by atoms with Crippen molar-refractivity contribution in [2.45, 2.75) is 88.5 Å². The van der Waals surface area contributed by atoms with E-state index >= 15 is 0 Å². The molecule has 11 nitrogen and oxygen atoms in total. The number of methoxy groups -OCH3 is 2. The molecule has 4 rings (SSSR count). The fourth-order valence-corrected chi connectivity index (χ4v) is 5.59. The van der Waals surface area contributed by atoms with E-state index < -0.39 is 36.3 Å². The Hall–Kier alpha value is -3.08. The molecule has 0 aromatic carbocycles. The van der Waals surface area contributed by atoms with E-state index in [1.54, 1.807) is 0 Å². The van der Waals surface area contributed by atoms with Crippen molar-refractivity contribution in [2.24, 2.45) is 0 Å². The third-order valence-electron chi connectivity index (χ3n) is 7.51. The molecule has 2 N–H and O–H groups in total. The molecule has 2 atom stereocenters. The number of rotatable bonds is 8. The summed E-state index contributed by atoms with van der Waals surface area (Å²) in [4.78, 5) is 50.1. The van der Waals surface area contributed by atoms with Crippen LogP contribution in [0.25, 0.3) is 0 Å². The molecule has 0 saturated heterocycles. The van der Waals surface area contributed by atoms with E-state index in [4.69, 9.17) is 23.7 Å². The second kappa shape index (κ2) is 12.4. The summed E-state index contributed by atoms with van der Waals surface area (Å²) in [6.07, 6.45) is 7.04. The van der Waals surface area contributed by atoms with Gasteiger partial charge in [0.1, 0.15) is 25.4 Å². The zero-order chi connectivity index (χ0) is 26.4. The van der Waals surface area contributed by atoms with Crippen LogP contribution in [0.1, 0.15) is 64.2 Å². The van der Waals surface area contributed by atoms with E-state index in [0.29, 0.717) is 11.1 Å². The minimum Gasteiger partial charge on any atom is -0.466 e. The number of fused-ring (bicyclic) bond motifs is 2. The second-order valence-corrected chi connectivity index (χ2v) is 9.87. The number of nitrogens with one attached hydrogen (secondary N) is 2. The van der Waals surface area contributed by atoms with Gasteiger partial charge in [-0.25, -0.2) is 19.2 Å².